The van der Waals surface area contributed by atoms with Gasteiger partial charge in [-0.05, 0) is 45.1 Å². The van der Waals surface area contributed by atoms with E-state index in [2.05, 4.69) is 29.4 Å². The van der Waals surface area contributed by atoms with E-state index in [1.54, 1.807) is 0 Å². The largest absolute Gasteiger partial charge is 0.352 e. The molecule has 19 heavy (non-hydrogen) atoms. The third kappa shape index (κ3) is 2.52. The first-order valence-corrected chi connectivity index (χ1v) is 7.82. The Morgan fingerprint density at radius 2 is 2.05 bits per heavy atom. The molecular weight excluding hydrogens is 238 g/mol. The van der Waals surface area contributed by atoms with Crippen molar-refractivity contribution in [3.63, 3.8) is 0 Å². The van der Waals surface area contributed by atoms with Crippen molar-refractivity contribution in [2.45, 2.75) is 51.1 Å². The van der Waals surface area contributed by atoms with Gasteiger partial charge in [0.1, 0.15) is 0 Å². The maximum absolute atomic E-state index is 12.2. The Labute approximate surface area is 116 Å². The first-order chi connectivity index (χ1) is 9.07. The van der Waals surface area contributed by atoms with E-state index in [0.717, 1.165) is 25.6 Å². The van der Waals surface area contributed by atoms with Crippen LogP contribution in [-0.4, -0.2) is 48.6 Å². The minimum absolute atomic E-state index is 0.154. The summed E-state index contributed by atoms with van der Waals surface area (Å²) in [6.07, 6.45) is 4.89. The van der Waals surface area contributed by atoms with Crippen LogP contribution in [0.15, 0.2) is 0 Å². The molecule has 4 heteroatoms. The van der Waals surface area contributed by atoms with Gasteiger partial charge in [-0.3, -0.25) is 9.69 Å². The molecule has 1 amide bonds. The molecule has 2 aliphatic heterocycles. The second kappa shape index (κ2) is 5.06. The number of amides is 1. The highest BCUT2D eigenvalue weighted by atomic mass is 16.2. The highest BCUT2D eigenvalue weighted by molar-refractivity contribution is 5.78. The number of likely N-dealkylation sites (tertiary alicyclic amines) is 1. The standard InChI is InChI=1S/C15H27N3O/c1-15(2)13-8-16-7-11(13)9-18(15)10-14(19)17-12-5-3-4-6-12/h11-13,16H,3-10H2,1-2H3,(H,17,19). The van der Waals surface area contributed by atoms with E-state index in [-0.39, 0.29) is 11.4 Å². The number of rotatable bonds is 3. The van der Waals surface area contributed by atoms with Gasteiger partial charge in [-0.15, -0.1) is 0 Å². The van der Waals surface area contributed by atoms with Gasteiger partial charge in [0.25, 0.3) is 0 Å². The predicted octanol–water partition coefficient (Wildman–Crippen LogP) is 0.975. The molecule has 2 atom stereocenters. The molecule has 2 saturated heterocycles. The Hall–Kier alpha value is -0.610. The number of carbonyl (C=O) groups excluding carboxylic acids is 1. The Bertz CT molecular complexity index is 349. The molecule has 2 unspecified atom stereocenters. The zero-order valence-electron chi connectivity index (χ0n) is 12.2. The monoisotopic (exact) mass is 265 g/mol. The lowest BCUT2D eigenvalue weighted by molar-refractivity contribution is -0.124. The lowest BCUT2D eigenvalue weighted by atomic mass is 9.85. The molecular formula is C15H27N3O. The van der Waals surface area contributed by atoms with Gasteiger partial charge in [-0.2, -0.15) is 0 Å². The van der Waals surface area contributed by atoms with Crippen molar-refractivity contribution < 1.29 is 4.79 Å². The van der Waals surface area contributed by atoms with Gasteiger partial charge >= 0.3 is 0 Å². The highest BCUT2D eigenvalue weighted by Crippen LogP contribution is 2.40. The lowest BCUT2D eigenvalue weighted by Gasteiger charge is -2.35. The SMILES string of the molecule is CC1(C)C2CNCC2CN1CC(=O)NC1CCCC1. The first-order valence-electron chi connectivity index (χ1n) is 7.82. The second-order valence-corrected chi connectivity index (χ2v) is 7.11. The highest BCUT2D eigenvalue weighted by Gasteiger charge is 2.49. The van der Waals surface area contributed by atoms with Crippen molar-refractivity contribution in [1.82, 2.24) is 15.5 Å². The van der Waals surface area contributed by atoms with Gasteiger partial charge in [0.05, 0.1) is 6.54 Å². The van der Waals surface area contributed by atoms with E-state index in [1.807, 2.05) is 0 Å². The van der Waals surface area contributed by atoms with Crippen molar-refractivity contribution in [2.24, 2.45) is 11.8 Å². The van der Waals surface area contributed by atoms with Crippen molar-refractivity contribution in [3.05, 3.63) is 0 Å². The summed E-state index contributed by atoms with van der Waals surface area (Å²) in [5.41, 5.74) is 0.154. The van der Waals surface area contributed by atoms with Crippen LogP contribution in [0, 0.1) is 11.8 Å². The maximum Gasteiger partial charge on any atom is 0.234 e. The molecule has 3 rings (SSSR count). The number of nitrogens with zero attached hydrogens (tertiary/aromatic N) is 1. The summed E-state index contributed by atoms with van der Waals surface area (Å²) in [4.78, 5) is 14.6. The van der Waals surface area contributed by atoms with Gasteiger partial charge in [0.15, 0.2) is 0 Å². The molecule has 0 radical (unpaired) electrons. The van der Waals surface area contributed by atoms with Gasteiger partial charge < -0.3 is 10.6 Å². The van der Waals surface area contributed by atoms with Crippen molar-refractivity contribution in [2.75, 3.05) is 26.2 Å². The van der Waals surface area contributed by atoms with E-state index >= 15 is 0 Å². The Balaban J connectivity index is 1.56. The number of carbonyl (C=O) groups is 1. The van der Waals surface area contributed by atoms with Crippen LogP contribution >= 0.6 is 0 Å². The minimum Gasteiger partial charge on any atom is -0.352 e. The smallest absolute Gasteiger partial charge is 0.234 e. The van der Waals surface area contributed by atoms with E-state index in [1.165, 1.54) is 25.7 Å². The number of hydrogen-bond donors (Lipinski definition) is 2. The average molecular weight is 265 g/mol. The molecule has 0 bridgehead atoms. The van der Waals surface area contributed by atoms with Crippen LogP contribution in [-0.2, 0) is 4.79 Å². The topological polar surface area (TPSA) is 44.4 Å². The molecule has 0 aromatic carbocycles. The summed E-state index contributed by atoms with van der Waals surface area (Å²) < 4.78 is 0. The summed E-state index contributed by atoms with van der Waals surface area (Å²) in [5.74, 6) is 1.66. The normalized spacial score (nSPS) is 34.6. The molecule has 3 aliphatic rings. The van der Waals surface area contributed by atoms with Crippen LogP contribution in [0.4, 0.5) is 0 Å². The Kier molecular flexibility index (Phi) is 3.56. The first kappa shape index (κ1) is 13.4. The van der Waals surface area contributed by atoms with E-state index < -0.39 is 0 Å². The zero-order valence-corrected chi connectivity index (χ0v) is 12.2. The molecule has 1 saturated carbocycles. The molecule has 0 aromatic rings. The third-order valence-electron chi connectivity index (χ3n) is 5.57. The Morgan fingerprint density at radius 3 is 2.74 bits per heavy atom. The third-order valence-corrected chi connectivity index (χ3v) is 5.57. The van der Waals surface area contributed by atoms with Crippen molar-refractivity contribution in [3.8, 4) is 0 Å². The van der Waals surface area contributed by atoms with E-state index in [9.17, 15) is 4.79 Å². The fourth-order valence-electron chi connectivity index (χ4n) is 4.29. The molecule has 0 spiro atoms. The van der Waals surface area contributed by atoms with Crippen LogP contribution in [0.1, 0.15) is 39.5 Å². The molecule has 1 aliphatic carbocycles. The van der Waals surface area contributed by atoms with Crippen LogP contribution in [0.2, 0.25) is 0 Å². The van der Waals surface area contributed by atoms with Gasteiger partial charge in [0.2, 0.25) is 5.91 Å². The van der Waals surface area contributed by atoms with Crippen molar-refractivity contribution in [1.29, 1.82) is 0 Å². The predicted molar refractivity (Wildman–Crippen MR) is 75.9 cm³/mol. The van der Waals surface area contributed by atoms with E-state index in [0.29, 0.717) is 18.5 Å². The van der Waals surface area contributed by atoms with Crippen LogP contribution in [0.25, 0.3) is 0 Å². The maximum atomic E-state index is 12.2. The van der Waals surface area contributed by atoms with E-state index in [4.69, 9.17) is 0 Å². The lowest BCUT2D eigenvalue weighted by Crippen LogP contribution is -2.49. The van der Waals surface area contributed by atoms with Crippen LogP contribution in [0.3, 0.4) is 0 Å². The van der Waals surface area contributed by atoms with Gasteiger partial charge in [-0.25, -0.2) is 0 Å². The minimum atomic E-state index is 0.154. The van der Waals surface area contributed by atoms with Gasteiger partial charge in [-0.1, -0.05) is 12.8 Å². The molecule has 3 fully saturated rings. The number of fused-ring (bicyclic) bond motifs is 1. The van der Waals surface area contributed by atoms with Crippen LogP contribution < -0.4 is 10.6 Å². The fourth-order valence-corrected chi connectivity index (χ4v) is 4.29. The summed E-state index contributed by atoms with van der Waals surface area (Å²) in [5, 5.41) is 6.70. The summed E-state index contributed by atoms with van der Waals surface area (Å²) in [6.45, 7) is 8.48. The molecule has 108 valence electrons. The molecule has 2 N–H and O–H groups in total. The zero-order chi connectivity index (χ0) is 13.5. The molecule has 4 nitrogen and oxygen atoms in total. The average Bonchev–Trinajstić information content (AvgIpc) is 3.01. The summed E-state index contributed by atoms with van der Waals surface area (Å²) in [7, 11) is 0. The Morgan fingerprint density at radius 1 is 1.32 bits per heavy atom. The fraction of sp³-hybridized carbons (Fsp3) is 0.933. The second-order valence-electron chi connectivity index (χ2n) is 7.11. The van der Waals surface area contributed by atoms with Crippen molar-refractivity contribution >= 4 is 5.91 Å². The molecule has 0 aromatic heterocycles. The quantitative estimate of drug-likeness (QED) is 0.799. The summed E-state index contributed by atoms with van der Waals surface area (Å²) >= 11 is 0. The number of nitrogens with one attached hydrogen (secondary N) is 2. The van der Waals surface area contributed by atoms with Gasteiger partial charge in [0, 0.05) is 24.7 Å². The van der Waals surface area contributed by atoms with Crippen LogP contribution in [0.5, 0.6) is 0 Å². The number of hydrogen-bond acceptors (Lipinski definition) is 3. The summed E-state index contributed by atoms with van der Waals surface area (Å²) in [6, 6.07) is 0.444. The molecule has 2 heterocycles.